The van der Waals surface area contributed by atoms with Crippen LogP contribution in [0.1, 0.15) is 42.7 Å². The molecule has 7 nitrogen and oxygen atoms in total. The van der Waals surface area contributed by atoms with Crippen LogP contribution in [0.2, 0.25) is 0 Å². The van der Waals surface area contributed by atoms with Crippen molar-refractivity contribution < 1.29 is 14.4 Å². The summed E-state index contributed by atoms with van der Waals surface area (Å²) >= 11 is 1.68. The van der Waals surface area contributed by atoms with E-state index in [9.17, 15) is 14.4 Å². The zero-order valence-electron chi connectivity index (χ0n) is 18.5. The Morgan fingerprint density at radius 1 is 1.06 bits per heavy atom. The predicted octanol–water partition coefficient (Wildman–Crippen LogP) is 4.42. The van der Waals surface area contributed by atoms with E-state index in [1.165, 1.54) is 4.70 Å². The summed E-state index contributed by atoms with van der Waals surface area (Å²) in [6.07, 6.45) is 4.98. The number of likely N-dealkylation sites (N-methyl/N-ethyl adjacent to an activating group) is 1. The molecule has 1 aliphatic heterocycles. The summed E-state index contributed by atoms with van der Waals surface area (Å²) in [6.45, 7) is -0.267. The molecule has 1 aliphatic carbocycles. The maximum atomic E-state index is 13.1. The minimum Gasteiger partial charge on any atom is -0.325 e. The number of fused-ring (bicyclic) bond motifs is 1. The Labute approximate surface area is 196 Å². The molecule has 0 radical (unpaired) electrons. The molecule has 1 spiro atoms. The highest BCUT2D eigenvalue weighted by atomic mass is 32.1. The molecule has 1 saturated carbocycles. The summed E-state index contributed by atoms with van der Waals surface area (Å²) in [4.78, 5) is 45.7. The van der Waals surface area contributed by atoms with Crippen LogP contribution in [-0.4, -0.2) is 51.8 Å². The molecule has 8 heteroatoms. The minimum absolute atomic E-state index is 0.240. The molecule has 1 aromatic heterocycles. The normalized spacial score (nSPS) is 17.8. The average molecular weight is 463 g/mol. The van der Waals surface area contributed by atoms with Gasteiger partial charge in [-0.1, -0.05) is 43.5 Å². The molecule has 170 valence electrons. The highest BCUT2D eigenvalue weighted by Gasteiger charge is 2.55. The van der Waals surface area contributed by atoms with E-state index >= 15 is 0 Å². The lowest BCUT2D eigenvalue weighted by molar-refractivity contribution is -0.136. The number of rotatable bonds is 5. The highest BCUT2D eigenvalue weighted by Crippen LogP contribution is 2.39. The molecule has 2 fully saturated rings. The fraction of sp³-hybridized carbons (Fsp3) is 0.360. The molecular formula is C25H26N4O3S. The summed E-state index contributed by atoms with van der Waals surface area (Å²) < 4.78 is 1.17. The van der Waals surface area contributed by atoms with E-state index in [2.05, 4.69) is 16.4 Å². The number of carbonyl (C=O) groups is 3. The third-order valence-corrected chi connectivity index (χ3v) is 7.75. The number of thiazole rings is 1. The summed E-state index contributed by atoms with van der Waals surface area (Å²) in [5.74, 6) is -0.618. The van der Waals surface area contributed by atoms with Crippen LogP contribution in [-0.2, 0) is 16.0 Å². The second-order valence-corrected chi connectivity index (χ2v) is 9.94. The van der Waals surface area contributed by atoms with Gasteiger partial charge in [-0.05, 0) is 42.7 Å². The monoisotopic (exact) mass is 462 g/mol. The van der Waals surface area contributed by atoms with Crippen LogP contribution < -0.4 is 5.32 Å². The van der Waals surface area contributed by atoms with Gasteiger partial charge in [0.05, 0.1) is 15.2 Å². The van der Waals surface area contributed by atoms with Gasteiger partial charge in [-0.2, -0.15) is 0 Å². The molecule has 3 aromatic rings. The molecule has 2 aromatic carbocycles. The number of nitrogens with one attached hydrogen (secondary N) is 1. The largest absolute Gasteiger partial charge is 0.327 e. The zero-order valence-corrected chi connectivity index (χ0v) is 19.4. The number of amides is 4. The molecule has 1 saturated heterocycles. The summed E-state index contributed by atoms with van der Waals surface area (Å²) in [5, 5.41) is 3.85. The van der Waals surface area contributed by atoms with Crippen molar-refractivity contribution in [2.75, 3.05) is 18.9 Å². The smallest absolute Gasteiger partial charge is 0.325 e. The summed E-state index contributed by atoms with van der Waals surface area (Å²) in [6, 6.07) is 15.3. The van der Waals surface area contributed by atoms with E-state index in [1.54, 1.807) is 23.3 Å². The van der Waals surface area contributed by atoms with Gasteiger partial charge in [0.15, 0.2) is 0 Å². The summed E-state index contributed by atoms with van der Waals surface area (Å²) in [5.41, 5.74) is 1.97. The molecule has 5 rings (SSSR count). The van der Waals surface area contributed by atoms with E-state index in [-0.39, 0.29) is 24.4 Å². The van der Waals surface area contributed by atoms with E-state index < -0.39 is 5.54 Å². The first-order valence-corrected chi connectivity index (χ1v) is 12.1. The van der Waals surface area contributed by atoms with Crippen molar-refractivity contribution in [1.82, 2.24) is 14.8 Å². The topological polar surface area (TPSA) is 82.6 Å². The van der Waals surface area contributed by atoms with Crippen molar-refractivity contribution in [2.24, 2.45) is 0 Å². The number of aromatic nitrogens is 1. The van der Waals surface area contributed by atoms with Crippen molar-refractivity contribution >= 4 is 45.1 Å². The number of benzene rings is 2. The molecule has 0 atom stereocenters. The van der Waals surface area contributed by atoms with Crippen LogP contribution in [0.25, 0.3) is 10.2 Å². The second kappa shape index (κ2) is 8.59. The lowest BCUT2D eigenvalue weighted by Crippen LogP contribution is -2.49. The molecule has 0 unspecified atom stereocenters. The van der Waals surface area contributed by atoms with Crippen LogP contribution in [0.5, 0.6) is 0 Å². The van der Waals surface area contributed by atoms with Crippen LogP contribution in [0.15, 0.2) is 48.5 Å². The molecule has 0 bridgehead atoms. The van der Waals surface area contributed by atoms with Gasteiger partial charge >= 0.3 is 6.03 Å². The molecule has 1 N–H and O–H groups in total. The predicted molar refractivity (Wildman–Crippen MR) is 128 cm³/mol. The van der Waals surface area contributed by atoms with Crippen molar-refractivity contribution in [1.29, 1.82) is 0 Å². The Hall–Kier alpha value is -3.26. The Bertz CT molecular complexity index is 1180. The first-order valence-electron chi connectivity index (χ1n) is 11.3. The Morgan fingerprint density at radius 3 is 2.52 bits per heavy atom. The molecule has 33 heavy (non-hydrogen) atoms. The van der Waals surface area contributed by atoms with Crippen molar-refractivity contribution in [3.8, 4) is 0 Å². The third-order valence-electron chi connectivity index (χ3n) is 6.72. The number of hydrogen-bond donors (Lipinski definition) is 1. The third kappa shape index (κ3) is 3.99. The first kappa shape index (κ1) is 21.6. The van der Waals surface area contributed by atoms with Gasteiger partial charge in [0.25, 0.3) is 5.91 Å². The Kier molecular flexibility index (Phi) is 5.62. The average Bonchev–Trinajstić information content (AvgIpc) is 3.31. The van der Waals surface area contributed by atoms with Gasteiger partial charge in [-0.3, -0.25) is 14.5 Å². The second-order valence-electron chi connectivity index (χ2n) is 8.82. The van der Waals surface area contributed by atoms with E-state index in [0.29, 0.717) is 18.5 Å². The number of carbonyl (C=O) groups excluding carboxylic acids is 3. The standard InChI is InChI=1S/C25H26N4O3S/c1-28-24(32)29(23(31)25(28)13-5-2-6-14-25)16-21(30)26-18-11-9-17(10-12-18)15-22-27-19-7-3-4-8-20(19)33-22/h3-4,7-12H,2,5-6,13-16H2,1H3,(H,26,30). The van der Waals surface area contributed by atoms with Gasteiger partial charge < -0.3 is 10.2 Å². The van der Waals surface area contributed by atoms with Gasteiger partial charge in [0, 0.05) is 19.2 Å². The van der Waals surface area contributed by atoms with Gasteiger partial charge in [-0.25, -0.2) is 9.78 Å². The number of nitrogens with zero attached hydrogens (tertiary/aromatic N) is 3. The highest BCUT2D eigenvalue weighted by molar-refractivity contribution is 7.18. The quantitative estimate of drug-likeness (QED) is 0.569. The summed E-state index contributed by atoms with van der Waals surface area (Å²) in [7, 11) is 1.67. The lowest BCUT2D eigenvalue weighted by atomic mass is 9.81. The van der Waals surface area contributed by atoms with Crippen molar-refractivity contribution in [3.05, 3.63) is 59.1 Å². The SMILES string of the molecule is CN1C(=O)N(CC(=O)Nc2ccc(Cc3nc4ccccc4s3)cc2)C(=O)C12CCCCC2. The zero-order chi connectivity index (χ0) is 23.0. The minimum atomic E-state index is -0.766. The molecule has 2 heterocycles. The van der Waals surface area contributed by atoms with E-state index in [0.717, 1.165) is 46.7 Å². The Morgan fingerprint density at radius 2 is 1.79 bits per heavy atom. The maximum absolute atomic E-state index is 13.1. The maximum Gasteiger partial charge on any atom is 0.327 e. The van der Waals surface area contributed by atoms with Crippen molar-refractivity contribution in [2.45, 2.75) is 44.1 Å². The fourth-order valence-corrected chi connectivity index (χ4v) is 5.89. The molecular weight excluding hydrogens is 436 g/mol. The molecule has 4 amide bonds. The number of hydrogen-bond acceptors (Lipinski definition) is 5. The van der Waals surface area contributed by atoms with Crippen LogP contribution in [0.3, 0.4) is 0 Å². The van der Waals surface area contributed by atoms with Gasteiger partial charge in [0.1, 0.15) is 12.1 Å². The number of urea groups is 1. The fourth-order valence-electron chi connectivity index (χ4n) is 4.89. The van der Waals surface area contributed by atoms with Crippen LogP contribution in [0.4, 0.5) is 10.5 Å². The van der Waals surface area contributed by atoms with Crippen molar-refractivity contribution in [3.63, 3.8) is 0 Å². The number of imide groups is 1. The lowest BCUT2D eigenvalue weighted by Gasteiger charge is -2.35. The van der Waals surface area contributed by atoms with Crippen LogP contribution in [0, 0.1) is 0 Å². The van der Waals surface area contributed by atoms with E-state index in [1.807, 2.05) is 42.5 Å². The Balaban J connectivity index is 1.21. The number of anilines is 1. The van der Waals surface area contributed by atoms with Gasteiger partial charge in [-0.15, -0.1) is 11.3 Å². The molecule has 2 aliphatic rings. The van der Waals surface area contributed by atoms with Gasteiger partial charge in [0.2, 0.25) is 5.91 Å². The van der Waals surface area contributed by atoms with E-state index in [4.69, 9.17) is 0 Å². The number of para-hydroxylation sites is 1. The first-order chi connectivity index (χ1) is 16.0. The van der Waals surface area contributed by atoms with Crippen LogP contribution >= 0.6 is 11.3 Å².